The number of hydrogen-bond acceptors (Lipinski definition) is 16. The fourth-order valence-corrected chi connectivity index (χ4v) is 12.4. The molecular formula is C74H110N24O12. The molecule has 0 saturated carbocycles. The summed E-state index contributed by atoms with van der Waals surface area (Å²) in [4.78, 5) is 167. The van der Waals surface area contributed by atoms with Crippen molar-refractivity contribution in [2.24, 2.45) is 46.4 Å². The average molecular weight is 1530 g/mol. The first kappa shape index (κ1) is 87.1. The van der Waals surface area contributed by atoms with Crippen molar-refractivity contribution in [2.45, 2.75) is 179 Å². The first-order chi connectivity index (χ1) is 52.3. The minimum atomic E-state index is -1.45. The molecule has 6 rings (SSSR count). The molecule has 110 heavy (non-hydrogen) atoms. The highest BCUT2D eigenvalue weighted by Crippen LogP contribution is 2.24. The van der Waals surface area contributed by atoms with E-state index in [0.29, 0.717) is 64.3 Å². The van der Waals surface area contributed by atoms with E-state index in [2.05, 4.69) is 84.1 Å². The van der Waals surface area contributed by atoms with Crippen LogP contribution in [-0.2, 0) is 72.0 Å². The molecule has 6 aromatic rings. The minimum Gasteiger partial charge on any atom is -0.480 e. The van der Waals surface area contributed by atoms with Gasteiger partial charge in [0.15, 0.2) is 17.9 Å². The molecule has 3 heterocycles. The zero-order chi connectivity index (χ0) is 80.7. The van der Waals surface area contributed by atoms with Crippen molar-refractivity contribution in [2.75, 3.05) is 32.7 Å². The Bertz CT molecular complexity index is 4170. The summed E-state index contributed by atoms with van der Waals surface area (Å²) in [6.45, 7) is 10.0. The van der Waals surface area contributed by atoms with E-state index >= 15 is 9.59 Å². The average Bonchev–Trinajstić information content (AvgIpc) is 1.63. The Morgan fingerprint density at radius 3 is 1.09 bits per heavy atom. The predicted molar refractivity (Wildman–Crippen MR) is 417 cm³/mol. The fraction of sp³-hybridized carbons (Fsp3) is 0.486. The number of nitrogens with two attached hydrogens (primary N) is 5. The number of carboxylic acid groups (broad SMARTS) is 1. The normalized spacial score (nSPS) is 14.1. The number of guanidine groups is 3. The third kappa shape index (κ3) is 27.1. The molecule has 0 bridgehead atoms. The molecule has 36 nitrogen and oxygen atoms in total. The molecule has 0 aliphatic carbocycles. The van der Waals surface area contributed by atoms with Crippen LogP contribution >= 0.6 is 0 Å². The van der Waals surface area contributed by atoms with E-state index in [4.69, 9.17) is 44.9 Å². The number of aromatic amines is 3. The Hall–Kier alpha value is -11.8. The summed E-state index contributed by atoms with van der Waals surface area (Å²) in [6.07, 6.45) is 6.40. The highest BCUT2D eigenvalue weighted by Gasteiger charge is 2.38. The number of amides is 10. The third-order valence-electron chi connectivity index (χ3n) is 18.5. The summed E-state index contributed by atoms with van der Waals surface area (Å²) < 4.78 is 0. The van der Waals surface area contributed by atoms with Crippen LogP contribution in [0, 0.1) is 34.0 Å². The summed E-state index contributed by atoms with van der Waals surface area (Å²) in [7, 11) is 0. The van der Waals surface area contributed by atoms with E-state index in [1.54, 1.807) is 84.4 Å². The number of aromatic nitrogens is 3. The second-order valence-electron chi connectivity index (χ2n) is 28.2. The monoisotopic (exact) mass is 1530 g/mol. The van der Waals surface area contributed by atoms with Crippen LogP contribution in [0.5, 0.6) is 0 Å². The summed E-state index contributed by atoms with van der Waals surface area (Å²) in [5.74, 6) is -12.3. The lowest BCUT2D eigenvalue weighted by Gasteiger charge is -2.30. The molecule has 36 heteroatoms. The van der Waals surface area contributed by atoms with Crippen molar-refractivity contribution >= 4 is 116 Å². The fourth-order valence-electron chi connectivity index (χ4n) is 12.4. The van der Waals surface area contributed by atoms with Gasteiger partial charge in [0.05, 0.1) is 12.6 Å². The molecule has 0 unspecified atom stereocenters. The maximum absolute atomic E-state index is 15.1. The Labute approximate surface area is 637 Å². The molecule has 0 fully saturated rings. The van der Waals surface area contributed by atoms with E-state index in [-0.39, 0.29) is 95.3 Å². The highest BCUT2D eigenvalue weighted by atomic mass is 16.4. The van der Waals surface area contributed by atoms with Crippen LogP contribution in [-0.4, -0.2) is 196 Å². The van der Waals surface area contributed by atoms with Crippen LogP contribution in [0.15, 0.2) is 91.4 Å². The van der Waals surface area contributed by atoms with Gasteiger partial charge in [0.25, 0.3) is 0 Å². The van der Waals surface area contributed by atoms with Gasteiger partial charge in [-0.2, -0.15) is 0 Å². The maximum atomic E-state index is 15.1. The van der Waals surface area contributed by atoms with E-state index in [0.717, 1.165) is 10.9 Å². The van der Waals surface area contributed by atoms with Gasteiger partial charge in [0, 0.05) is 90.2 Å². The smallest absolute Gasteiger partial charge is 0.326 e. The van der Waals surface area contributed by atoms with Gasteiger partial charge in [-0.05, 0) is 117 Å². The summed E-state index contributed by atoms with van der Waals surface area (Å²) >= 11 is 0. The van der Waals surface area contributed by atoms with Crippen LogP contribution < -0.4 is 97.8 Å². The highest BCUT2D eigenvalue weighted by molar-refractivity contribution is 6.00. The van der Waals surface area contributed by atoms with Gasteiger partial charge in [0.1, 0.15) is 54.4 Å². The lowest BCUT2D eigenvalue weighted by Crippen LogP contribution is -2.62. The number of unbranched alkanes of at least 4 members (excludes halogenated alkanes) is 1. The van der Waals surface area contributed by atoms with Crippen LogP contribution in [0.3, 0.4) is 0 Å². The van der Waals surface area contributed by atoms with E-state index < -0.39 is 150 Å². The number of fused-ring (bicyclic) bond motifs is 3. The number of benzene rings is 3. The summed E-state index contributed by atoms with van der Waals surface area (Å²) in [6, 6.07) is 8.40. The molecule has 3 aromatic carbocycles. The number of nitrogens with one attached hydrogen (secondary N) is 19. The molecule has 0 radical (unpaired) electrons. The van der Waals surface area contributed by atoms with Gasteiger partial charge in [-0.15, -0.1) is 0 Å². The largest absolute Gasteiger partial charge is 0.480 e. The molecule has 30 N–H and O–H groups in total. The molecule has 3 aromatic heterocycles. The summed E-state index contributed by atoms with van der Waals surface area (Å²) in [5, 5.41) is 69.9. The Balaban J connectivity index is 1.23. The second-order valence-corrected chi connectivity index (χ2v) is 28.2. The lowest BCUT2D eigenvalue weighted by atomic mass is 9.97. The Kier molecular flexibility index (Phi) is 34.2. The molecule has 0 saturated heterocycles. The quantitative estimate of drug-likeness (QED) is 0.0123. The van der Waals surface area contributed by atoms with Crippen LogP contribution in [0.4, 0.5) is 0 Å². The van der Waals surface area contributed by atoms with Crippen molar-refractivity contribution in [1.29, 1.82) is 16.2 Å². The molecule has 0 spiro atoms. The molecule has 10 amide bonds. The first-order valence-corrected chi connectivity index (χ1v) is 36.9. The number of aliphatic carboxylic acids is 1. The second kappa shape index (κ2) is 43.2. The van der Waals surface area contributed by atoms with Gasteiger partial charge in [0.2, 0.25) is 59.1 Å². The summed E-state index contributed by atoms with van der Waals surface area (Å²) in [5.41, 5.74) is 32.2. The van der Waals surface area contributed by atoms with Gasteiger partial charge in [-0.3, -0.25) is 64.2 Å². The van der Waals surface area contributed by atoms with E-state index in [9.17, 15) is 48.3 Å². The number of hydrogen-bond donors (Lipinski definition) is 25. The standard InChI is InChI=1S/C74H110N24O12/c1-39(2)59(96-66(104)55(32-42-35-86-49-22-10-7-18-45(42)49)90-58(99)38-89-63(101)52(26-16-30-84-73(79)80)92-64(102)53(27-17-31-85-74(81)82)91-62(100)48(76)21-15-29-83-72(77)78)68(106)95-57(34-44-37-88-51-24-12-9-20-47(44)51)67(105)97-61(41(5)6)70(108)98-60(40(3)4)69(107)94-56(33-43-36-87-50-23-11-8-19-46(43)50)65(103)93-54(71(109)110)25-13-14-28-75/h7-12,18-20,22-24,35-37,39-41,48,52-57,59-61,86-88H,13-17,21,25-34,38,75-76H2,1-6H3,(H,89,101)(H,90,99)(H,91,100)(H,92,102)(H,93,103)(H,94,107)(H,95,106)(H,96,104)(H,97,105)(H,98,108)(H,109,110)(H4,77,78,83)(H4,79,80,84)(H4,81,82,85)/t48-,52-,53-,54-,55-,56-,57-,59-,60-,61-/m0/s1. The van der Waals surface area contributed by atoms with Crippen molar-refractivity contribution in [3.63, 3.8) is 0 Å². The number of para-hydroxylation sites is 3. The number of carbonyl (C=O) groups excluding carboxylic acids is 10. The van der Waals surface area contributed by atoms with Crippen LogP contribution in [0.1, 0.15) is 116 Å². The first-order valence-electron chi connectivity index (χ1n) is 36.9. The molecule has 0 aliphatic heterocycles. The van der Waals surface area contributed by atoms with Gasteiger partial charge >= 0.3 is 5.97 Å². The number of H-pyrrole nitrogens is 3. The van der Waals surface area contributed by atoms with E-state index in [1.807, 2.05) is 48.5 Å². The Morgan fingerprint density at radius 1 is 0.382 bits per heavy atom. The number of carboxylic acids is 1. The van der Waals surface area contributed by atoms with Gasteiger partial charge < -0.3 is 118 Å². The number of carbonyl (C=O) groups is 11. The molecule has 10 atom stereocenters. The van der Waals surface area contributed by atoms with Crippen molar-refractivity contribution in [3.8, 4) is 0 Å². The topological polar surface area (TPSA) is 613 Å². The van der Waals surface area contributed by atoms with E-state index in [1.165, 1.54) is 0 Å². The third-order valence-corrected chi connectivity index (χ3v) is 18.5. The van der Waals surface area contributed by atoms with Crippen LogP contribution in [0.2, 0.25) is 0 Å². The van der Waals surface area contributed by atoms with Gasteiger partial charge in [-0.25, -0.2) is 4.79 Å². The van der Waals surface area contributed by atoms with Crippen molar-refractivity contribution in [3.05, 3.63) is 108 Å². The predicted octanol–water partition coefficient (Wildman–Crippen LogP) is -1.06. The van der Waals surface area contributed by atoms with Crippen molar-refractivity contribution < 1.29 is 57.8 Å². The zero-order valence-corrected chi connectivity index (χ0v) is 63.0. The SMILES string of the molecule is CC(C)[C@H](NC(=O)[C@H](Cc1c[nH]c2ccccc12)NC(=O)CNC(=O)[C@H](CCCNC(=N)N)NC(=O)[C@H](CCCNC(=N)N)NC(=O)[C@@H](N)CCCNC(=N)N)C(=O)N[C@@H](Cc1c[nH]c2ccccc12)C(=O)N[C@H](C(=O)N[C@H](C(=O)N[C@@H](Cc1c[nH]c2ccccc12)C(=O)N[C@@H](CCCCN)C(=O)O)C(C)C)C(C)C. The minimum absolute atomic E-state index is 0.0111. The molecule has 598 valence electrons. The van der Waals surface area contributed by atoms with Crippen molar-refractivity contribution in [1.82, 2.24) is 84.1 Å². The number of rotatable bonds is 46. The molecular weight excluding hydrogens is 1420 g/mol. The van der Waals surface area contributed by atoms with Crippen LogP contribution in [0.25, 0.3) is 32.7 Å². The lowest BCUT2D eigenvalue weighted by molar-refractivity contribution is -0.142. The maximum Gasteiger partial charge on any atom is 0.326 e. The zero-order valence-electron chi connectivity index (χ0n) is 63.0. The Morgan fingerprint density at radius 2 is 0.700 bits per heavy atom. The van der Waals surface area contributed by atoms with Gasteiger partial charge in [-0.1, -0.05) is 96.1 Å². The molecule has 0 aliphatic rings.